The molecule has 0 aliphatic heterocycles. The normalized spacial score (nSPS) is 10.2. The van der Waals surface area contributed by atoms with Crippen LogP contribution in [0, 0.1) is 0 Å². The standard InChI is InChI=1S/C9H10BN3/c10-9-5-4-6-7(12-9)2-1-3-8(6)13-11/h1-5,13H,10-11H2. The van der Waals surface area contributed by atoms with E-state index in [4.69, 9.17) is 5.84 Å². The lowest BCUT2D eigenvalue weighted by Crippen LogP contribution is -2.10. The summed E-state index contributed by atoms with van der Waals surface area (Å²) in [6.07, 6.45) is 0. The van der Waals surface area contributed by atoms with Crippen LogP contribution >= 0.6 is 0 Å². The quantitative estimate of drug-likeness (QED) is 0.354. The maximum absolute atomic E-state index is 5.38. The smallest absolute Gasteiger partial charge is 0.163 e. The van der Waals surface area contributed by atoms with E-state index in [0.717, 1.165) is 22.2 Å². The van der Waals surface area contributed by atoms with Gasteiger partial charge < -0.3 is 5.43 Å². The Morgan fingerprint density at radius 3 is 2.85 bits per heavy atom. The lowest BCUT2D eigenvalue weighted by atomic mass is 10.0. The number of nitrogens with one attached hydrogen (secondary N) is 1. The predicted molar refractivity (Wildman–Crippen MR) is 57.7 cm³/mol. The third-order valence-corrected chi connectivity index (χ3v) is 2.03. The Morgan fingerprint density at radius 2 is 2.08 bits per heavy atom. The van der Waals surface area contributed by atoms with E-state index in [0.29, 0.717) is 0 Å². The minimum atomic E-state index is 0.907. The van der Waals surface area contributed by atoms with Crippen molar-refractivity contribution in [1.29, 1.82) is 0 Å². The van der Waals surface area contributed by atoms with Crippen molar-refractivity contribution < 1.29 is 0 Å². The van der Waals surface area contributed by atoms with E-state index in [-0.39, 0.29) is 0 Å². The number of hydrazine groups is 1. The number of rotatable bonds is 1. The molecule has 3 N–H and O–H groups in total. The van der Waals surface area contributed by atoms with Gasteiger partial charge in [0.15, 0.2) is 7.85 Å². The summed E-state index contributed by atoms with van der Waals surface area (Å²) in [4.78, 5) is 4.39. The van der Waals surface area contributed by atoms with E-state index < -0.39 is 0 Å². The van der Waals surface area contributed by atoms with E-state index in [2.05, 4.69) is 10.4 Å². The average Bonchev–Trinajstić information content (AvgIpc) is 2.16. The summed E-state index contributed by atoms with van der Waals surface area (Å²) in [6, 6.07) is 9.84. The Kier molecular flexibility index (Phi) is 1.90. The zero-order valence-corrected chi connectivity index (χ0v) is 7.41. The molecule has 1 heterocycles. The highest BCUT2D eigenvalue weighted by atomic mass is 15.2. The molecule has 2 rings (SSSR count). The summed E-state index contributed by atoms with van der Waals surface area (Å²) in [5, 5.41) is 1.05. The number of nitrogen functional groups attached to an aromatic ring is 1. The van der Waals surface area contributed by atoms with E-state index in [9.17, 15) is 0 Å². The minimum absolute atomic E-state index is 0.907. The van der Waals surface area contributed by atoms with Crippen molar-refractivity contribution in [3.05, 3.63) is 30.3 Å². The largest absolute Gasteiger partial charge is 0.323 e. The number of benzene rings is 1. The van der Waals surface area contributed by atoms with Gasteiger partial charge in [-0.25, -0.2) is 0 Å². The van der Waals surface area contributed by atoms with Crippen LogP contribution in [0.5, 0.6) is 0 Å². The molecule has 0 aliphatic carbocycles. The molecule has 64 valence electrons. The first kappa shape index (κ1) is 8.07. The fraction of sp³-hybridized carbons (Fsp3) is 0. The van der Waals surface area contributed by atoms with Gasteiger partial charge in [-0.1, -0.05) is 12.1 Å². The summed E-state index contributed by atoms with van der Waals surface area (Å²) in [7, 11) is 1.97. The van der Waals surface area contributed by atoms with Gasteiger partial charge >= 0.3 is 0 Å². The second-order valence-electron chi connectivity index (χ2n) is 2.97. The molecular weight excluding hydrogens is 161 g/mol. The summed E-state index contributed by atoms with van der Waals surface area (Å²) < 4.78 is 0. The zero-order valence-electron chi connectivity index (χ0n) is 7.41. The molecule has 0 saturated carbocycles. The summed E-state index contributed by atoms with van der Waals surface area (Å²) in [6.45, 7) is 0. The highest BCUT2D eigenvalue weighted by molar-refractivity contribution is 6.31. The van der Waals surface area contributed by atoms with Gasteiger partial charge in [-0.15, -0.1) is 0 Å². The Hall–Kier alpha value is -1.55. The SMILES string of the molecule is Bc1ccc2c(NN)cccc2n1. The van der Waals surface area contributed by atoms with Crippen molar-refractivity contribution in [2.45, 2.75) is 0 Å². The van der Waals surface area contributed by atoms with Crippen molar-refractivity contribution in [2.75, 3.05) is 5.43 Å². The molecule has 0 bridgehead atoms. The Labute approximate surface area is 77.3 Å². The van der Waals surface area contributed by atoms with E-state index in [1.807, 2.05) is 38.2 Å². The molecule has 13 heavy (non-hydrogen) atoms. The van der Waals surface area contributed by atoms with Crippen molar-refractivity contribution in [2.24, 2.45) is 5.84 Å². The number of nitrogens with zero attached hydrogens (tertiary/aromatic N) is 1. The molecular formula is C9H10BN3. The summed E-state index contributed by atoms with van der Waals surface area (Å²) >= 11 is 0. The molecule has 4 heteroatoms. The third-order valence-electron chi connectivity index (χ3n) is 2.03. The van der Waals surface area contributed by atoms with Crippen LogP contribution in [0.2, 0.25) is 0 Å². The van der Waals surface area contributed by atoms with Crippen molar-refractivity contribution >= 4 is 30.0 Å². The number of pyridine rings is 1. The molecule has 2 aromatic rings. The van der Waals surface area contributed by atoms with Gasteiger partial charge in [-0.05, 0) is 23.8 Å². The van der Waals surface area contributed by atoms with Gasteiger partial charge in [0.2, 0.25) is 0 Å². The number of hydrogen-bond acceptors (Lipinski definition) is 3. The van der Waals surface area contributed by atoms with Crippen LogP contribution in [0.15, 0.2) is 30.3 Å². The number of anilines is 1. The maximum Gasteiger partial charge on any atom is 0.163 e. The van der Waals surface area contributed by atoms with Gasteiger partial charge in [0.05, 0.1) is 11.2 Å². The molecule has 0 fully saturated rings. The molecule has 0 saturated heterocycles. The molecule has 0 atom stereocenters. The van der Waals surface area contributed by atoms with E-state index >= 15 is 0 Å². The molecule has 0 spiro atoms. The van der Waals surface area contributed by atoms with E-state index in [1.54, 1.807) is 0 Å². The van der Waals surface area contributed by atoms with Gasteiger partial charge in [-0.2, -0.15) is 0 Å². The fourth-order valence-corrected chi connectivity index (χ4v) is 1.38. The summed E-state index contributed by atoms with van der Waals surface area (Å²) in [5.74, 6) is 5.38. The molecule has 0 amide bonds. The van der Waals surface area contributed by atoms with Gasteiger partial charge in [0, 0.05) is 5.39 Å². The van der Waals surface area contributed by atoms with Gasteiger partial charge in [-0.3, -0.25) is 10.8 Å². The molecule has 0 radical (unpaired) electrons. The monoisotopic (exact) mass is 171 g/mol. The molecule has 3 nitrogen and oxygen atoms in total. The first-order chi connectivity index (χ1) is 6.31. The number of fused-ring (bicyclic) bond motifs is 1. The predicted octanol–water partition coefficient (Wildman–Crippen LogP) is -0.221. The van der Waals surface area contributed by atoms with Crippen LogP contribution in [-0.2, 0) is 0 Å². The van der Waals surface area contributed by atoms with Crippen LogP contribution in [0.4, 0.5) is 5.69 Å². The van der Waals surface area contributed by atoms with Gasteiger partial charge in [0.1, 0.15) is 0 Å². The van der Waals surface area contributed by atoms with Gasteiger partial charge in [0.25, 0.3) is 0 Å². The highest BCUT2D eigenvalue weighted by Crippen LogP contribution is 2.19. The lowest BCUT2D eigenvalue weighted by molar-refractivity contribution is 1.36. The molecule has 1 aromatic heterocycles. The zero-order chi connectivity index (χ0) is 9.26. The van der Waals surface area contributed by atoms with Crippen molar-refractivity contribution in [1.82, 2.24) is 4.98 Å². The highest BCUT2D eigenvalue weighted by Gasteiger charge is 1.99. The fourth-order valence-electron chi connectivity index (χ4n) is 1.38. The van der Waals surface area contributed by atoms with E-state index in [1.165, 1.54) is 0 Å². The second-order valence-corrected chi connectivity index (χ2v) is 2.97. The van der Waals surface area contributed by atoms with Crippen molar-refractivity contribution in [3.8, 4) is 0 Å². The molecule has 0 aliphatic rings. The maximum atomic E-state index is 5.38. The topological polar surface area (TPSA) is 50.9 Å². The Morgan fingerprint density at radius 1 is 1.23 bits per heavy atom. The van der Waals surface area contributed by atoms with Crippen LogP contribution in [0.25, 0.3) is 10.9 Å². The Bertz CT molecular complexity index is 442. The third kappa shape index (κ3) is 1.36. The molecule has 0 unspecified atom stereocenters. The Balaban J connectivity index is 2.77. The molecule has 1 aromatic carbocycles. The minimum Gasteiger partial charge on any atom is -0.323 e. The summed E-state index contributed by atoms with van der Waals surface area (Å²) in [5.41, 5.74) is 5.54. The lowest BCUT2D eigenvalue weighted by Gasteiger charge is -2.04. The second kappa shape index (κ2) is 3.07. The number of hydrogen-bond donors (Lipinski definition) is 2. The van der Waals surface area contributed by atoms with Crippen LogP contribution in [-0.4, -0.2) is 12.8 Å². The van der Waals surface area contributed by atoms with Crippen LogP contribution in [0.1, 0.15) is 0 Å². The average molecular weight is 171 g/mol. The van der Waals surface area contributed by atoms with Crippen molar-refractivity contribution in [3.63, 3.8) is 0 Å². The number of nitrogens with two attached hydrogens (primary N) is 1. The van der Waals surface area contributed by atoms with Crippen LogP contribution < -0.4 is 16.9 Å². The first-order valence-electron chi connectivity index (χ1n) is 4.14. The number of aromatic nitrogens is 1. The first-order valence-corrected chi connectivity index (χ1v) is 4.14. The van der Waals surface area contributed by atoms with Crippen LogP contribution in [0.3, 0.4) is 0 Å².